The number of piperidine rings is 1. The van der Waals surface area contributed by atoms with Gasteiger partial charge in [-0.15, -0.1) is 5.10 Å². The second-order valence-electron chi connectivity index (χ2n) is 7.06. The van der Waals surface area contributed by atoms with Crippen molar-refractivity contribution < 1.29 is 0 Å². The first kappa shape index (κ1) is 15.7. The van der Waals surface area contributed by atoms with Crippen molar-refractivity contribution in [3.05, 3.63) is 35.9 Å². The molecule has 0 bridgehead atoms. The number of hydrogen-bond donors (Lipinski definition) is 0. The third-order valence-electron chi connectivity index (χ3n) is 5.44. The van der Waals surface area contributed by atoms with E-state index in [1.165, 1.54) is 56.9 Å². The normalized spacial score (nSPS) is 21.7. The Bertz CT molecular complexity index is 628. The van der Waals surface area contributed by atoms with E-state index in [9.17, 15) is 0 Å². The fraction of sp³-hybridized carbons (Fsp3) is 0.667. The minimum atomic E-state index is 0.121. The van der Waals surface area contributed by atoms with Crippen molar-refractivity contribution in [3.8, 4) is 0 Å². The summed E-state index contributed by atoms with van der Waals surface area (Å²) in [4.78, 5) is 6.88. The van der Waals surface area contributed by atoms with Crippen molar-refractivity contribution in [1.29, 1.82) is 0 Å². The van der Waals surface area contributed by atoms with Gasteiger partial charge in [0.15, 0.2) is 5.82 Å². The lowest BCUT2D eigenvalue weighted by Gasteiger charge is -2.34. The monoisotopic (exact) mass is 326 g/mol. The van der Waals surface area contributed by atoms with Gasteiger partial charge in [0.25, 0.3) is 0 Å². The molecule has 24 heavy (non-hydrogen) atoms. The Hall–Kier alpha value is -1.82. The third-order valence-corrected chi connectivity index (χ3v) is 5.44. The first-order chi connectivity index (χ1) is 11.9. The smallest absolute Gasteiger partial charge is 0.173 e. The third kappa shape index (κ3) is 3.20. The van der Waals surface area contributed by atoms with E-state index in [4.69, 9.17) is 0 Å². The van der Waals surface area contributed by atoms with Crippen molar-refractivity contribution in [1.82, 2.24) is 30.1 Å². The highest BCUT2D eigenvalue weighted by Crippen LogP contribution is 2.34. The molecule has 4 rings (SSSR count). The standard InChI is InChI=1S/C18H26N6/c1-3-9-16(10-4-1)24-18(20-21-22-24)17(15-8-7-11-19-14-15)23-12-5-2-6-13-23/h7-8,11,14,16-17H,1-6,9-10,12-13H2/t17-/m1/s1. The highest BCUT2D eigenvalue weighted by atomic mass is 15.6. The van der Waals surface area contributed by atoms with E-state index < -0.39 is 0 Å². The molecule has 1 saturated heterocycles. The molecular weight excluding hydrogens is 300 g/mol. The van der Waals surface area contributed by atoms with Crippen LogP contribution in [0, 0.1) is 0 Å². The van der Waals surface area contributed by atoms with Crippen LogP contribution >= 0.6 is 0 Å². The van der Waals surface area contributed by atoms with Crippen LogP contribution in [0.5, 0.6) is 0 Å². The molecule has 3 heterocycles. The summed E-state index contributed by atoms with van der Waals surface area (Å²) in [5, 5.41) is 12.9. The van der Waals surface area contributed by atoms with Crippen LogP contribution in [0.1, 0.15) is 74.8 Å². The molecule has 0 amide bonds. The lowest BCUT2D eigenvalue weighted by molar-refractivity contribution is 0.172. The van der Waals surface area contributed by atoms with Gasteiger partial charge in [0, 0.05) is 12.4 Å². The summed E-state index contributed by atoms with van der Waals surface area (Å²) in [6.07, 6.45) is 13.9. The summed E-state index contributed by atoms with van der Waals surface area (Å²) in [6.45, 7) is 2.22. The zero-order valence-corrected chi connectivity index (χ0v) is 14.2. The van der Waals surface area contributed by atoms with Crippen LogP contribution in [0.25, 0.3) is 0 Å². The van der Waals surface area contributed by atoms with Crippen LogP contribution in [-0.4, -0.2) is 43.2 Å². The zero-order chi connectivity index (χ0) is 16.2. The molecule has 1 saturated carbocycles. The summed E-state index contributed by atoms with van der Waals surface area (Å²) < 4.78 is 2.12. The summed E-state index contributed by atoms with van der Waals surface area (Å²) >= 11 is 0. The van der Waals surface area contributed by atoms with Crippen LogP contribution < -0.4 is 0 Å². The zero-order valence-electron chi connectivity index (χ0n) is 14.2. The predicted molar refractivity (Wildman–Crippen MR) is 91.4 cm³/mol. The number of hydrogen-bond acceptors (Lipinski definition) is 5. The van der Waals surface area contributed by atoms with E-state index in [1.54, 1.807) is 0 Å². The van der Waals surface area contributed by atoms with Crippen molar-refractivity contribution in [2.45, 2.75) is 63.5 Å². The molecule has 128 valence electrons. The number of aromatic nitrogens is 5. The van der Waals surface area contributed by atoms with Gasteiger partial charge >= 0.3 is 0 Å². The van der Waals surface area contributed by atoms with Gasteiger partial charge in [0.2, 0.25) is 0 Å². The molecule has 0 spiro atoms. The topological polar surface area (TPSA) is 59.7 Å². The second-order valence-corrected chi connectivity index (χ2v) is 7.06. The van der Waals surface area contributed by atoms with Gasteiger partial charge in [-0.3, -0.25) is 9.88 Å². The summed E-state index contributed by atoms with van der Waals surface area (Å²) in [7, 11) is 0. The van der Waals surface area contributed by atoms with Gasteiger partial charge in [0.05, 0.1) is 12.1 Å². The Morgan fingerprint density at radius 3 is 2.54 bits per heavy atom. The molecule has 6 heteroatoms. The lowest BCUT2D eigenvalue weighted by atomic mass is 9.95. The Kier molecular flexibility index (Phi) is 4.83. The Morgan fingerprint density at radius 1 is 1.00 bits per heavy atom. The number of likely N-dealkylation sites (tertiary alicyclic amines) is 1. The number of pyridine rings is 1. The molecule has 6 nitrogen and oxygen atoms in total. The number of rotatable bonds is 4. The Labute approximate surface area is 143 Å². The molecule has 0 aromatic carbocycles. The van der Waals surface area contributed by atoms with Crippen molar-refractivity contribution in [3.63, 3.8) is 0 Å². The van der Waals surface area contributed by atoms with Gasteiger partial charge in [0.1, 0.15) is 0 Å². The second kappa shape index (κ2) is 7.38. The van der Waals surface area contributed by atoms with E-state index in [-0.39, 0.29) is 6.04 Å². The average molecular weight is 326 g/mol. The van der Waals surface area contributed by atoms with Crippen molar-refractivity contribution in [2.75, 3.05) is 13.1 Å². The van der Waals surface area contributed by atoms with Gasteiger partial charge in [-0.2, -0.15) is 0 Å². The maximum Gasteiger partial charge on any atom is 0.173 e. The van der Waals surface area contributed by atoms with Gasteiger partial charge in [-0.05, 0) is 60.8 Å². The first-order valence-electron chi connectivity index (χ1n) is 9.35. The first-order valence-corrected chi connectivity index (χ1v) is 9.35. The van der Waals surface area contributed by atoms with Gasteiger partial charge in [-0.25, -0.2) is 4.68 Å². The summed E-state index contributed by atoms with van der Waals surface area (Å²) in [6, 6.07) is 4.75. The molecule has 1 aliphatic heterocycles. The van der Waals surface area contributed by atoms with Crippen LogP contribution in [0.2, 0.25) is 0 Å². The molecule has 2 fully saturated rings. The minimum Gasteiger partial charge on any atom is -0.290 e. The maximum atomic E-state index is 4.48. The number of nitrogens with zero attached hydrogens (tertiary/aromatic N) is 6. The van der Waals surface area contributed by atoms with Crippen LogP contribution in [-0.2, 0) is 0 Å². The molecule has 0 radical (unpaired) electrons. The number of tetrazole rings is 1. The van der Waals surface area contributed by atoms with Crippen LogP contribution in [0.4, 0.5) is 0 Å². The molecule has 1 atom stereocenters. The molecule has 0 unspecified atom stereocenters. The summed E-state index contributed by atoms with van der Waals surface area (Å²) in [5.41, 5.74) is 1.20. The highest BCUT2D eigenvalue weighted by Gasteiger charge is 2.31. The van der Waals surface area contributed by atoms with Crippen LogP contribution in [0.15, 0.2) is 24.5 Å². The average Bonchev–Trinajstić information content (AvgIpc) is 3.14. The molecule has 2 aromatic rings. The minimum absolute atomic E-state index is 0.121. The molecule has 0 N–H and O–H groups in total. The quantitative estimate of drug-likeness (QED) is 0.864. The fourth-order valence-electron chi connectivity index (χ4n) is 4.20. The van der Waals surface area contributed by atoms with E-state index >= 15 is 0 Å². The molecular formula is C18H26N6. The molecule has 2 aromatic heterocycles. The highest BCUT2D eigenvalue weighted by molar-refractivity contribution is 5.21. The lowest BCUT2D eigenvalue weighted by Crippen LogP contribution is -2.36. The largest absolute Gasteiger partial charge is 0.290 e. The fourth-order valence-corrected chi connectivity index (χ4v) is 4.20. The summed E-state index contributed by atoms with van der Waals surface area (Å²) in [5.74, 6) is 0.997. The Balaban J connectivity index is 1.69. The van der Waals surface area contributed by atoms with Crippen molar-refractivity contribution in [2.24, 2.45) is 0 Å². The van der Waals surface area contributed by atoms with E-state index in [0.717, 1.165) is 18.9 Å². The van der Waals surface area contributed by atoms with Gasteiger partial charge in [-0.1, -0.05) is 31.7 Å². The molecule has 1 aliphatic carbocycles. The Morgan fingerprint density at radius 2 is 1.79 bits per heavy atom. The van der Waals surface area contributed by atoms with Gasteiger partial charge < -0.3 is 0 Å². The van der Waals surface area contributed by atoms with Crippen LogP contribution in [0.3, 0.4) is 0 Å². The SMILES string of the molecule is c1cncc([C@H](c2nnnn2C2CCCCC2)N2CCCCC2)c1. The van der Waals surface area contributed by atoms with E-state index in [1.807, 2.05) is 18.5 Å². The van der Waals surface area contributed by atoms with Crippen molar-refractivity contribution >= 4 is 0 Å². The predicted octanol–water partition coefficient (Wildman–Crippen LogP) is 3.15. The van der Waals surface area contributed by atoms with E-state index in [0.29, 0.717) is 6.04 Å². The van der Waals surface area contributed by atoms with E-state index in [2.05, 4.69) is 36.2 Å². The molecule has 2 aliphatic rings. The maximum absolute atomic E-state index is 4.48.